The molecule has 0 aromatic rings. The van der Waals surface area contributed by atoms with E-state index in [-0.39, 0.29) is 0 Å². The minimum Gasteiger partial charge on any atom is -0.384 e. The molecule has 1 aliphatic rings. The van der Waals surface area contributed by atoms with Crippen LogP contribution in [-0.2, 0) is 4.74 Å². The zero-order valence-corrected chi connectivity index (χ0v) is 11.3. The van der Waals surface area contributed by atoms with Gasteiger partial charge in [-0.25, -0.2) is 0 Å². The van der Waals surface area contributed by atoms with Crippen LogP contribution in [0.25, 0.3) is 0 Å². The van der Waals surface area contributed by atoms with Gasteiger partial charge >= 0.3 is 0 Å². The summed E-state index contributed by atoms with van der Waals surface area (Å²) < 4.78 is 5.23. The van der Waals surface area contributed by atoms with E-state index in [1.54, 1.807) is 0 Å². The molecule has 1 atom stereocenters. The van der Waals surface area contributed by atoms with Crippen molar-refractivity contribution < 1.29 is 4.74 Å². The number of hydrogen-bond donors (Lipinski definition) is 1. The molecule has 0 amide bonds. The lowest BCUT2D eigenvalue weighted by Crippen LogP contribution is -2.45. The molecule has 3 heteroatoms. The summed E-state index contributed by atoms with van der Waals surface area (Å²) in [5, 5.41) is 3.42. The average Bonchev–Trinajstić information content (AvgIpc) is 2.28. The van der Waals surface area contributed by atoms with Crippen LogP contribution in [0.4, 0.5) is 0 Å². The first kappa shape index (κ1) is 13.9. The molecule has 3 nitrogen and oxygen atoms in total. The Morgan fingerprint density at radius 2 is 1.94 bits per heavy atom. The molecule has 0 saturated carbocycles. The molecule has 1 aliphatic heterocycles. The minimum absolute atomic E-state index is 0.624. The highest BCUT2D eigenvalue weighted by Crippen LogP contribution is 2.18. The fourth-order valence-electron chi connectivity index (χ4n) is 2.48. The van der Waals surface area contributed by atoms with Crippen molar-refractivity contribution in [2.24, 2.45) is 11.8 Å². The highest BCUT2D eigenvalue weighted by Gasteiger charge is 2.22. The van der Waals surface area contributed by atoms with E-state index in [1.165, 1.54) is 32.5 Å². The number of nitrogens with zero attached hydrogens (tertiary/aromatic N) is 1. The summed E-state index contributed by atoms with van der Waals surface area (Å²) in [6.45, 7) is 9.18. The molecule has 1 rings (SSSR count). The summed E-state index contributed by atoms with van der Waals surface area (Å²) in [7, 11) is 3.88. The Bertz CT molecular complexity index is 177. The van der Waals surface area contributed by atoms with Crippen molar-refractivity contribution in [2.75, 3.05) is 40.4 Å². The molecule has 16 heavy (non-hydrogen) atoms. The molecule has 0 radical (unpaired) electrons. The number of piperidine rings is 1. The second-order valence-corrected chi connectivity index (χ2v) is 5.34. The number of likely N-dealkylation sites (tertiary alicyclic amines) is 1. The van der Waals surface area contributed by atoms with Crippen LogP contribution in [0.2, 0.25) is 0 Å². The quantitative estimate of drug-likeness (QED) is 0.747. The molecule has 0 bridgehead atoms. The van der Waals surface area contributed by atoms with Crippen molar-refractivity contribution in [1.82, 2.24) is 10.2 Å². The van der Waals surface area contributed by atoms with Crippen LogP contribution in [0.15, 0.2) is 0 Å². The zero-order chi connectivity index (χ0) is 12.0. The summed E-state index contributed by atoms with van der Waals surface area (Å²) in [6, 6.07) is 0.624. The monoisotopic (exact) mass is 228 g/mol. The summed E-state index contributed by atoms with van der Waals surface area (Å²) >= 11 is 0. The molecule has 1 N–H and O–H groups in total. The maximum Gasteiger partial charge on any atom is 0.0491 e. The van der Waals surface area contributed by atoms with Crippen LogP contribution in [0.3, 0.4) is 0 Å². The van der Waals surface area contributed by atoms with Gasteiger partial charge in [0, 0.05) is 26.3 Å². The van der Waals surface area contributed by atoms with Gasteiger partial charge in [-0.1, -0.05) is 13.8 Å². The second-order valence-electron chi connectivity index (χ2n) is 5.34. The molecule has 1 unspecified atom stereocenters. The van der Waals surface area contributed by atoms with Gasteiger partial charge in [0.1, 0.15) is 0 Å². The third kappa shape index (κ3) is 4.40. The first-order chi connectivity index (χ1) is 7.67. The first-order valence-corrected chi connectivity index (χ1v) is 6.56. The second kappa shape index (κ2) is 7.25. The van der Waals surface area contributed by atoms with E-state index in [1.807, 2.05) is 7.11 Å². The van der Waals surface area contributed by atoms with E-state index in [9.17, 15) is 0 Å². The highest BCUT2D eigenvalue weighted by atomic mass is 16.5. The fraction of sp³-hybridized carbons (Fsp3) is 1.00. The van der Waals surface area contributed by atoms with Crippen molar-refractivity contribution in [3.63, 3.8) is 0 Å². The molecule has 0 aliphatic carbocycles. The Morgan fingerprint density at radius 3 is 2.38 bits per heavy atom. The van der Waals surface area contributed by atoms with Crippen LogP contribution in [0, 0.1) is 11.8 Å². The Hall–Kier alpha value is -0.120. The van der Waals surface area contributed by atoms with Crippen LogP contribution >= 0.6 is 0 Å². The minimum atomic E-state index is 0.624. The zero-order valence-electron chi connectivity index (χ0n) is 11.3. The van der Waals surface area contributed by atoms with Crippen LogP contribution in [0.1, 0.15) is 26.7 Å². The molecular weight excluding hydrogens is 200 g/mol. The number of rotatable bonds is 6. The maximum absolute atomic E-state index is 5.23. The highest BCUT2D eigenvalue weighted by molar-refractivity contribution is 4.78. The van der Waals surface area contributed by atoms with Crippen molar-refractivity contribution in [3.05, 3.63) is 0 Å². The molecule has 0 aromatic heterocycles. The van der Waals surface area contributed by atoms with Gasteiger partial charge in [-0.3, -0.25) is 0 Å². The Labute approximate surface area is 101 Å². The summed E-state index contributed by atoms with van der Waals surface area (Å²) in [6.07, 6.45) is 2.59. The number of ether oxygens (including phenoxy) is 1. The van der Waals surface area contributed by atoms with Gasteiger partial charge in [-0.05, 0) is 44.8 Å². The molecule has 96 valence electrons. The lowest BCUT2D eigenvalue weighted by atomic mass is 9.96. The Kier molecular flexibility index (Phi) is 6.32. The van der Waals surface area contributed by atoms with E-state index in [2.05, 4.69) is 31.1 Å². The summed E-state index contributed by atoms with van der Waals surface area (Å²) in [4.78, 5) is 2.59. The Balaban J connectivity index is 2.25. The van der Waals surface area contributed by atoms with Gasteiger partial charge in [0.2, 0.25) is 0 Å². The lowest BCUT2D eigenvalue weighted by Gasteiger charge is -2.35. The van der Waals surface area contributed by atoms with Gasteiger partial charge in [0.05, 0.1) is 0 Å². The summed E-state index contributed by atoms with van der Waals surface area (Å²) in [5.74, 6) is 1.50. The van der Waals surface area contributed by atoms with E-state index >= 15 is 0 Å². The predicted octanol–water partition coefficient (Wildman–Crippen LogP) is 1.59. The normalized spacial score (nSPS) is 21.6. The molecule has 1 saturated heterocycles. The molecule has 1 fully saturated rings. The van der Waals surface area contributed by atoms with Gasteiger partial charge in [-0.15, -0.1) is 0 Å². The largest absolute Gasteiger partial charge is 0.384 e. The maximum atomic E-state index is 5.23. The van der Waals surface area contributed by atoms with Crippen LogP contribution < -0.4 is 5.32 Å². The Morgan fingerprint density at radius 1 is 1.31 bits per heavy atom. The van der Waals surface area contributed by atoms with Crippen molar-refractivity contribution in [1.29, 1.82) is 0 Å². The fourth-order valence-corrected chi connectivity index (χ4v) is 2.48. The first-order valence-electron chi connectivity index (χ1n) is 6.56. The number of methoxy groups -OCH3 is 1. The molecule has 0 aromatic carbocycles. The standard InChI is InChI=1S/C13H28N2O/c1-11(2)13(14-3)9-15-7-5-12(6-8-15)10-16-4/h11-14H,5-10H2,1-4H3. The summed E-state index contributed by atoms with van der Waals surface area (Å²) in [5.41, 5.74) is 0. The van der Waals surface area contributed by atoms with Crippen molar-refractivity contribution >= 4 is 0 Å². The molecule has 0 spiro atoms. The van der Waals surface area contributed by atoms with E-state index in [0.29, 0.717) is 12.0 Å². The van der Waals surface area contributed by atoms with Gasteiger partial charge < -0.3 is 15.0 Å². The van der Waals surface area contributed by atoms with Crippen molar-refractivity contribution in [3.8, 4) is 0 Å². The third-order valence-electron chi connectivity index (χ3n) is 3.74. The van der Waals surface area contributed by atoms with Gasteiger partial charge in [-0.2, -0.15) is 0 Å². The molecular formula is C13H28N2O. The van der Waals surface area contributed by atoms with Crippen LogP contribution in [-0.4, -0.2) is 51.3 Å². The number of nitrogens with one attached hydrogen (secondary N) is 1. The lowest BCUT2D eigenvalue weighted by molar-refractivity contribution is 0.0928. The van der Waals surface area contributed by atoms with E-state index in [4.69, 9.17) is 4.74 Å². The number of likely N-dealkylation sites (N-methyl/N-ethyl adjacent to an activating group) is 1. The van der Waals surface area contributed by atoms with E-state index in [0.717, 1.165) is 12.5 Å². The van der Waals surface area contributed by atoms with Crippen molar-refractivity contribution in [2.45, 2.75) is 32.7 Å². The van der Waals surface area contributed by atoms with E-state index < -0.39 is 0 Å². The van der Waals surface area contributed by atoms with Crippen LogP contribution in [0.5, 0.6) is 0 Å². The van der Waals surface area contributed by atoms with Gasteiger partial charge in [0.25, 0.3) is 0 Å². The SMILES string of the molecule is CNC(CN1CCC(COC)CC1)C(C)C. The topological polar surface area (TPSA) is 24.5 Å². The third-order valence-corrected chi connectivity index (χ3v) is 3.74. The smallest absolute Gasteiger partial charge is 0.0491 e. The molecule has 1 heterocycles. The average molecular weight is 228 g/mol. The van der Waals surface area contributed by atoms with Gasteiger partial charge in [0.15, 0.2) is 0 Å². The number of hydrogen-bond acceptors (Lipinski definition) is 3. The predicted molar refractivity (Wildman–Crippen MR) is 68.7 cm³/mol.